The van der Waals surface area contributed by atoms with E-state index in [1.165, 1.54) is 17.0 Å². The van der Waals surface area contributed by atoms with Gasteiger partial charge in [-0.3, -0.25) is 15.1 Å². The maximum atomic E-state index is 13.6. The van der Waals surface area contributed by atoms with Crippen molar-refractivity contribution in [3.8, 4) is 28.7 Å². The molecule has 39 heavy (non-hydrogen) atoms. The second kappa shape index (κ2) is 10.0. The number of nitrogens with zero attached hydrogens (tertiary/aromatic N) is 3. The zero-order chi connectivity index (χ0) is 27.7. The van der Waals surface area contributed by atoms with E-state index < -0.39 is 6.16 Å². The molecule has 3 N–H and O–H groups in total. The second-order valence-electron chi connectivity index (χ2n) is 8.92. The van der Waals surface area contributed by atoms with Gasteiger partial charge in [-0.2, -0.15) is 10.4 Å². The number of aromatic hydroxyl groups is 1. The van der Waals surface area contributed by atoms with E-state index in [0.717, 1.165) is 11.1 Å². The predicted octanol–water partition coefficient (Wildman–Crippen LogP) is 6.10. The number of carbonyl (C=O) groups is 2. The zero-order valence-electron chi connectivity index (χ0n) is 21.0. The Morgan fingerprint density at radius 1 is 0.974 bits per heavy atom. The molecule has 0 saturated carbocycles. The molecule has 9 heteroatoms. The third-order valence-corrected chi connectivity index (χ3v) is 6.45. The summed E-state index contributed by atoms with van der Waals surface area (Å²) in [5.74, 6) is -0.426. The summed E-state index contributed by atoms with van der Waals surface area (Å²) >= 11 is 0. The van der Waals surface area contributed by atoms with Gasteiger partial charge in [0.05, 0.1) is 23.0 Å². The van der Waals surface area contributed by atoms with Crippen LogP contribution in [0.5, 0.6) is 11.5 Å². The number of amides is 1. The fourth-order valence-corrected chi connectivity index (χ4v) is 4.36. The highest BCUT2D eigenvalue weighted by molar-refractivity contribution is 6.55. The molecule has 0 unspecified atom stereocenters. The fraction of sp³-hybridized carbons (Fsp3) is 0.0667. The number of anilines is 3. The molecule has 9 nitrogen and oxygen atoms in total. The number of carboxylic acid groups (broad SMARTS) is 1. The largest absolute Gasteiger partial charge is 0.511 e. The summed E-state index contributed by atoms with van der Waals surface area (Å²) in [5, 5.41) is 33.7. The summed E-state index contributed by atoms with van der Waals surface area (Å²) in [6, 6.07) is 24.0. The first-order chi connectivity index (χ1) is 18.8. The monoisotopic (exact) mass is 518 g/mol. The van der Waals surface area contributed by atoms with Crippen molar-refractivity contribution < 1.29 is 24.5 Å². The molecule has 4 aromatic rings. The molecule has 4 aromatic carbocycles. The number of hydrogen-bond donors (Lipinski definition) is 3. The number of hydrogen-bond acceptors (Lipinski definition) is 7. The van der Waals surface area contributed by atoms with Crippen molar-refractivity contribution in [1.29, 1.82) is 5.26 Å². The Morgan fingerprint density at radius 3 is 2.51 bits per heavy atom. The van der Waals surface area contributed by atoms with Crippen LogP contribution in [0, 0.1) is 25.2 Å². The van der Waals surface area contributed by atoms with Crippen molar-refractivity contribution in [2.45, 2.75) is 13.8 Å². The lowest BCUT2D eigenvalue weighted by atomic mass is 10.0. The predicted molar refractivity (Wildman–Crippen MR) is 147 cm³/mol. The molecule has 0 aliphatic carbocycles. The summed E-state index contributed by atoms with van der Waals surface area (Å²) in [4.78, 5) is 26.0. The maximum absolute atomic E-state index is 13.6. The van der Waals surface area contributed by atoms with Gasteiger partial charge < -0.3 is 14.9 Å². The number of nitrogens with one attached hydrogen (secondary N) is 1. The number of ether oxygens (including phenoxy) is 1. The summed E-state index contributed by atoms with van der Waals surface area (Å²) in [7, 11) is 0. The Morgan fingerprint density at radius 2 is 1.77 bits per heavy atom. The fourth-order valence-electron chi connectivity index (χ4n) is 4.36. The molecule has 0 fully saturated rings. The van der Waals surface area contributed by atoms with Gasteiger partial charge in [0.2, 0.25) is 0 Å². The van der Waals surface area contributed by atoms with Gasteiger partial charge >= 0.3 is 6.16 Å². The minimum atomic E-state index is -1.44. The molecule has 1 aliphatic heterocycles. The molecule has 0 saturated heterocycles. The Hall–Kier alpha value is -5.62. The molecule has 192 valence electrons. The lowest BCUT2D eigenvalue weighted by Crippen LogP contribution is -2.26. The smallest absolute Gasteiger partial charge is 0.505 e. The van der Waals surface area contributed by atoms with Crippen molar-refractivity contribution in [1.82, 2.24) is 0 Å². The van der Waals surface area contributed by atoms with Crippen LogP contribution in [0.25, 0.3) is 11.1 Å². The number of phenols is 1. The van der Waals surface area contributed by atoms with E-state index in [-0.39, 0.29) is 28.8 Å². The van der Waals surface area contributed by atoms with Gasteiger partial charge in [0.1, 0.15) is 11.5 Å². The van der Waals surface area contributed by atoms with Gasteiger partial charge in [0.15, 0.2) is 5.71 Å². The van der Waals surface area contributed by atoms with Gasteiger partial charge in [0, 0.05) is 16.8 Å². The Labute approximate surface area is 223 Å². The second-order valence-corrected chi connectivity index (χ2v) is 8.92. The van der Waals surface area contributed by atoms with Crippen molar-refractivity contribution in [3.63, 3.8) is 0 Å². The Bertz CT molecular complexity index is 1720. The first-order valence-electron chi connectivity index (χ1n) is 11.9. The molecule has 1 heterocycles. The first-order valence-corrected chi connectivity index (χ1v) is 11.9. The number of hydrazone groups is 1. The normalized spacial score (nSPS) is 13.2. The SMILES string of the molecule is Cc1ccc(N2C(=O)C(=NNc3cccc(-c4cccc(OC(=O)O)c4)c3O)c3ccc(C#N)cc32)cc1C. The van der Waals surface area contributed by atoms with Crippen LogP contribution in [0.3, 0.4) is 0 Å². The Balaban J connectivity index is 1.52. The van der Waals surface area contributed by atoms with Crippen LogP contribution in [0.1, 0.15) is 22.3 Å². The van der Waals surface area contributed by atoms with Crippen LogP contribution < -0.4 is 15.1 Å². The minimum absolute atomic E-state index is 0.106. The Kier molecular flexibility index (Phi) is 6.44. The van der Waals surface area contributed by atoms with E-state index in [1.54, 1.807) is 48.5 Å². The first kappa shape index (κ1) is 25.0. The van der Waals surface area contributed by atoms with Gasteiger partial charge in [0.25, 0.3) is 5.91 Å². The van der Waals surface area contributed by atoms with E-state index in [9.17, 15) is 20.0 Å². The molecule has 1 amide bonds. The summed E-state index contributed by atoms with van der Waals surface area (Å²) in [6.07, 6.45) is -1.44. The zero-order valence-corrected chi connectivity index (χ0v) is 21.0. The van der Waals surface area contributed by atoms with E-state index in [2.05, 4.69) is 16.6 Å². The van der Waals surface area contributed by atoms with Crippen LogP contribution in [0.2, 0.25) is 0 Å². The van der Waals surface area contributed by atoms with Gasteiger partial charge in [-0.05, 0) is 79.1 Å². The van der Waals surface area contributed by atoms with Crippen LogP contribution in [0.15, 0.2) is 84.0 Å². The van der Waals surface area contributed by atoms with E-state index in [1.807, 2.05) is 32.0 Å². The number of carbonyl (C=O) groups excluding carboxylic acids is 1. The molecular weight excluding hydrogens is 496 g/mol. The highest BCUT2D eigenvalue weighted by Crippen LogP contribution is 2.39. The van der Waals surface area contributed by atoms with Gasteiger partial charge in [-0.15, -0.1) is 0 Å². The molecule has 1 aliphatic rings. The van der Waals surface area contributed by atoms with Crippen molar-refractivity contribution >= 4 is 34.8 Å². The van der Waals surface area contributed by atoms with Crippen molar-refractivity contribution in [2.75, 3.05) is 10.3 Å². The third-order valence-electron chi connectivity index (χ3n) is 6.45. The van der Waals surface area contributed by atoms with Crippen LogP contribution in [0.4, 0.5) is 21.9 Å². The molecule has 0 spiro atoms. The topological polar surface area (TPSA) is 135 Å². The molecule has 0 bridgehead atoms. The average molecular weight is 519 g/mol. The average Bonchev–Trinajstić information content (AvgIpc) is 3.19. The summed E-state index contributed by atoms with van der Waals surface area (Å²) in [6.45, 7) is 3.95. The number of nitriles is 1. The van der Waals surface area contributed by atoms with Gasteiger partial charge in [-0.25, -0.2) is 4.79 Å². The molecule has 0 radical (unpaired) electrons. The molecule has 0 aromatic heterocycles. The lowest BCUT2D eigenvalue weighted by Gasteiger charge is -2.18. The standard InChI is InChI=1S/C30H22N4O5/c1-17-9-11-21(13-18(17)2)34-26-14-19(16-31)10-12-24(26)27(29(34)36)33-32-25-8-4-7-23(28(25)35)20-5-3-6-22(15-20)39-30(37)38/h3-15,32,35H,1-2H3,(H,37,38). The lowest BCUT2D eigenvalue weighted by molar-refractivity contribution is -0.111. The van der Waals surface area contributed by atoms with Crippen molar-refractivity contribution in [3.05, 3.63) is 101 Å². The summed E-state index contributed by atoms with van der Waals surface area (Å²) < 4.78 is 4.72. The molecule has 5 rings (SSSR count). The van der Waals surface area contributed by atoms with Gasteiger partial charge in [-0.1, -0.05) is 30.3 Å². The van der Waals surface area contributed by atoms with Crippen LogP contribution >= 0.6 is 0 Å². The highest BCUT2D eigenvalue weighted by Gasteiger charge is 2.36. The number of fused-ring (bicyclic) bond motifs is 1. The third kappa shape index (κ3) is 4.74. The maximum Gasteiger partial charge on any atom is 0.511 e. The summed E-state index contributed by atoms with van der Waals surface area (Å²) in [5.41, 5.74) is 8.32. The van der Waals surface area contributed by atoms with Crippen LogP contribution in [-0.2, 0) is 4.79 Å². The van der Waals surface area contributed by atoms with Crippen LogP contribution in [-0.4, -0.2) is 28.0 Å². The number of phenolic OH excluding ortho intramolecular Hbond substituents is 1. The van der Waals surface area contributed by atoms with E-state index >= 15 is 0 Å². The highest BCUT2D eigenvalue weighted by atomic mass is 16.7. The minimum Gasteiger partial charge on any atom is -0.505 e. The molecular formula is C30H22N4O5. The number of rotatable bonds is 5. The number of benzene rings is 4. The van der Waals surface area contributed by atoms with E-state index in [0.29, 0.717) is 33.6 Å². The quantitative estimate of drug-likeness (QED) is 0.126. The number of aryl methyl sites for hydroxylation is 2. The number of para-hydroxylation sites is 1. The molecule has 0 atom stereocenters. The van der Waals surface area contributed by atoms with Crippen molar-refractivity contribution in [2.24, 2.45) is 5.10 Å². The van der Waals surface area contributed by atoms with E-state index in [4.69, 9.17) is 9.84 Å².